The summed E-state index contributed by atoms with van der Waals surface area (Å²) in [5.41, 5.74) is 6.74. The third-order valence-electron chi connectivity index (χ3n) is 2.21. The van der Waals surface area contributed by atoms with Gasteiger partial charge in [-0.1, -0.05) is 18.5 Å². The van der Waals surface area contributed by atoms with Gasteiger partial charge in [0.05, 0.1) is 5.02 Å². The lowest BCUT2D eigenvalue weighted by atomic mass is 10.2. The van der Waals surface area contributed by atoms with Gasteiger partial charge in [0.1, 0.15) is 22.2 Å². The fourth-order valence-electron chi connectivity index (χ4n) is 1.37. The van der Waals surface area contributed by atoms with Gasteiger partial charge in [-0.3, -0.25) is 0 Å². The minimum Gasteiger partial charge on any atom is -0.383 e. The average Bonchev–Trinajstić information content (AvgIpc) is 2.32. The fraction of sp³-hybridized carbons (Fsp3) is 0.182. The van der Waals surface area contributed by atoms with Gasteiger partial charge in [-0.25, -0.2) is 15.0 Å². The molecule has 17 heavy (non-hydrogen) atoms. The number of pyridine rings is 1. The molecule has 0 aliphatic heterocycles. The van der Waals surface area contributed by atoms with Gasteiger partial charge in [-0.05, 0) is 30.3 Å². The van der Waals surface area contributed by atoms with Crippen LogP contribution in [0.15, 0.2) is 34.7 Å². The van der Waals surface area contributed by atoms with Gasteiger partial charge >= 0.3 is 0 Å². The Hall–Kier alpha value is -1.33. The second kappa shape index (κ2) is 5.33. The summed E-state index contributed by atoms with van der Waals surface area (Å²) in [5, 5.41) is 2.14. The highest BCUT2D eigenvalue weighted by molar-refractivity contribution is 7.99. The Morgan fingerprint density at radius 2 is 2.12 bits per heavy atom. The van der Waals surface area contributed by atoms with Crippen molar-refractivity contribution in [2.45, 2.75) is 23.4 Å². The van der Waals surface area contributed by atoms with E-state index in [2.05, 4.69) is 15.0 Å². The molecule has 0 amide bonds. The van der Waals surface area contributed by atoms with Gasteiger partial charge in [0.2, 0.25) is 0 Å². The highest BCUT2D eigenvalue weighted by Crippen LogP contribution is 2.33. The molecule has 0 aliphatic rings. The molecule has 0 unspecified atom stereocenters. The van der Waals surface area contributed by atoms with Crippen LogP contribution in [0.4, 0.5) is 5.82 Å². The SMILES string of the molecule is CCc1c(N)ncnc1Sc1ncccc1Cl. The highest BCUT2D eigenvalue weighted by atomic mass is 35.5. The predicted octanol–water partition coefficient (Wildman–Crippen LogP) is 2.82. The van der Waals surface area contributed by atoms with Crippen molar-refractivity contribution in [2.75, 3.05) is 5.73 Å². The molecule has 0 radical (unpaired) electrons. The predicted molar refractivity (Wildman–Crippen MR) is 69.2 cm³/mol. The average molecular weight is 267 g/mol. The van der Waals surface area contributed by atoms with Gasteiger partial charge in [0.15, 0.2) is 0 Å². The molecule has 0 spiro atoms. The third-order valence-corrected chi connectivity index (χ3v) is 3.69. The minimum atomic E-state index is 0.511. The Kier molecular flexibility index (Phi) is 3.81. The number of anilines is 1. The van der Waals surface area contributed by atoms with Crippen LogP contribution in [-0.2, 0) is 6.42 Å². The van der Waals surface area contributed by atoms with E-state index >= 15 is 0 Å². The highest BCUT2D eigenvalue weighted by Gasteiger charge is 2.11. The molecule has 0 fully saturated rings. The van der Waals surface area contributed by atoms with E-state index in [1.165, 1.54) is 18.1 Å². The Morgan fingerprint density at radius 1 is 1.29 bits per heavy atom. The lowest BCUT2D eigenvalue weighted by Crippen LogP contribution is -2.00. The van der Waals surface area contributed by atoms with Crippen LogP contribution in [0.2, 0.25) is 5.02 Å². The van der Waals surface area contributed by atoms with E-state index in [1.807, 2.05) is 6.92 Å². The molecule has 0 saturated carbocycles. The molecular weight excluding hydrogens is 256 g/mol. The molecule has 2 heterocycles. The van der Waals surface area contributed by atoms with Crippen molar-refractivity contribution < 1.29 is 0 Å². The normalized spacial score (nSPS) is 10.5. The molecule has 6 heteroatoms. The summed E-state index contributed by atoms with van der Waals surface area (Å²) in [6, 6.07) is 3.59. The maximum atomic E-state index is 6.05. The standard InChI is InChI=1S/C11H11ClN4S/c1-2-7-9(13)15-6-16-10(7)17-11-8(12)4-3-5-14-11/h3-6H,2H2,1H3,(H2,13,15,16). The summed E-state index contributed by atoms with van der Waals surface area (Å²) in [6.07, 6.45) is 3.93. The first-order valence-electron chi connectivity index (χ1n) is 5.10. The van der Waals surface area contributed by atoms with Crippen molar-refractivity contribution in [3.63, 3.8) is 0 Å². The Morgan fingerprint density at radius 3 is 2.82 bits per heavy atom. The molecule has 2 aromatic rings. The van der Waals surface area contributed by atoms with Gasteiger partial charge < -0.3 is 5.73 Å². The molecule has 88 valence electrons. The van der Waals surface area contributed by atoms with E-state index in [9.17, 15) is 0 Å². The van der Waals surface area contributed by atoms with Crippen molar-refractivity contribution in [3.05, 3.63) is 35.2 Å². The second-order valence-electron chi connectivity index (χ2n) is 3.29. The number of nitrogens with zero attached hydrogens (tertiary/aromatic N) is 3. The number of hydrogen-bond donors (Lipinski definition) is 1. The Labute approximate surface area is 109 Å². The maximum Gasteiger partial charge on any atom is 0.131 e. The monoisotopic (exact) mass is 266 g/mol. The summed E-state index contributed by atoms with van der Waals surface area (Å²) < 4.78 is 0. The van der Waals surface area contributed by atoms with Crippen molar-refractivity contribution in [2.24, 2.45) is 0 Å². The number of aromatic nitrogens is 3. The van der Waals surface area contributed by atoms with Gasteiger partial charge in [-0.2, -0.15) is 0 Å². The zero-order chi connectivity index (χ0) is 12.3. The van der Waals surface area contributed by atoms with E-state index in [-0.39, 0.29) is 0 Å². The number of nitrogen functional groups attached to an aromatic ring is 1. The lowest BCUT2D eigenvalue weighted by Gasteiger charge is -2.08. The van der Waals surface area contributed by atoms with Crippen LogP contribution in [0.1, 0.15) is 12.5 Å². The molecule has 2 aromatic heterocycles. The Bertz CT molecular complexity index is 533. The quantitative estimate of drug-likeness (QED) is 0.866. The molecule has 2 N–H and O–H groups in total. The maximum absolute atomic E-state index is 6.05. The molecular formula is C11H11ClN4S. The zero-order valence-corrected chi connectivity index (χ0v) is 10.8. The van der Waals surface area contributed by atoms with Gasteiger partial charge in [0.25, 0.3) is 0 Å². The molecule has 0 aromatic carbocycles. The smallest absolute Gasteiger partial charge is 0.131 e. The second-order valence-corrected chi connectivity index (χ2v) is 4.67. The van der Waals surface area contributed by atoms with Crippen LogP contribution in [0.3, 0.4) is 0 Å². The summed E-state index contributed by atoms with van der Waals surface area (Å²) in [4.78, 5) is 12.4. The van der Waals surface area contributed by atoms with Gasteiger partial charge in [-0.15, -0.1) is 0 Å². The molecule has 2 rings (SSSR count). The van der Waals surface area contributed by atoms with E-state index in [1.54, 1.807) is 18.3 Å². The van der Waals surface area contributed by atoms with Crippen LogP contribution in [0.25, 0.3) is 0 Å². The molecule has 4 nitrogen and oxygen atoms in total. The van der Waals surface area contributed by atoms with Crippen molar-refractivity contribution in [3.8, 4) is 0 Å². The lowest BCUT2D eigenvalue weighted by molar-refractivity contribution is 0.949. The van der Waals surface area contributed by atoms with E-state index in [0.717, 1.165) is 22.0 Å². The van der Waals surface area contributed by atoms with Crippen LogP contribution < -0.4 is 5.73 Å². The van der Waals surface area contributed by atoms with Crippen molar-refractivity contribution in [1.29, 1.82) is 0 Å². The largest absolute Gasteiger partial charge is 0.383 e. The summed E-state index contributed by atoms with van der Waals surface area (Å²) >= 11 is 7.46. The molecule has 0 bridgehead atoms. The van der Waals surface area contributed by atoms with Crippen LogP contribution in [0.5, 0.6) is 0 Å². The number of halogens is 1. The summed E-state index contributed by atoms with van der Waals surface area (Å²) in [5.74, 6) is 0.511. The fourth-order valence-corrected chi connectivity index (χ4v) is 2.54. The topological polar surface area (TPSA) is 64.7 Å². The number of rotatable bonds is 3. The molecule has 0 saturated heterocycles. The van der Waals surface area contributed by atoms with Crippen molar-refractivity contribution in [1.82, 2.24) is 15.0 Å². The Balaban J connectivity index is 2.37. The number of nitrogens with two attached hydrogens (primary N) is 1. The van der Waals surface area contributed by atoms with Crippen LogP contribution >= 0.6 is 23.4 Å². The molecule has 0 aliphatic carbocycles. The van der Waals surface area contributed by atoms with E-state index in [0.29, 0.717) is 10.8 Å². The first kappa shape index (κ1) is 12.1. The zero-order valence-electron chi connectivity index (χ0n) is 9.22. The van der Waals surface area contributed by atoms with Crippen LogP contribution in [-0.4, -0.2) is 15.0 Å². The van der Waals surface area contributed by atoms with E-state index < -0.39 is 0 Å². The number of hydrogen-bond acceptors (Lipinski definition) is 5. The first-order chi connectivity index (χ1) is 8.22. The minimum absolute atomic E-state index is 0.511. The summed E-state index contributed by atoms with van der Waals surface area (Å²) in [7, 11) is 0. The first-order valence-corrected chi connectivity index (χ1v) is 6.29. The third kappa shape index (κ3) is 2.68. The molecule has 0 atom stereocenters. The van der Waals surface area contributed by atoms with Gasteiger partial charge in [0, 0.05) is 11.8 Å². The van der Waals surface area contributed by atoms with Crippen LogP contribution in [0, 0.1) is 0 Å². The summed E-state index contributed by atoms with van der Waals surface area (Å²) in [6.45, 7) is 2.01. The van der Waals surface area contributed by atoms with Crippen molar-refractivity contribution >= 4 is 29.2 Å². The van der Waals surface area contributed by atoms with E-state index in [4.69, 9.17) is 17.3 Å².